The predicted octanol–water partition coefficient (Wildman–Crippen LogP) is 3.40. The summed E-state index contributed by atoms with van der Waals surface area (Å²) in [5.74, 6) is 2.55. The summed E-state index contributed by atoms with van der Waals surface area (Å²) in [6, 6.07) is 1.13. The van der Waals surface area contributed by atoms with Crippen LogP contribution in [-0.4, -0.2) is 73.7 Å². The van der Waals surface area contributed by atoms with Gasteiger partial charge in [0.2, 0.25) is 0 Å². The Balaban J connectivity index is 0.00000364. The quantitative estimate of drug-likeness (QED) is 0.236. The third-order valence-corrected chi connectivity index (χ3v) is 5.93. The molecule has 0 aromatic heterocycles. The average molecular weight is 494 g/mol. The van der Waals surface area contributed by atoms with Gasteiger partial charge in [-0.15, -0.1) is 24.0 Å². The fraction of sp³-hybridized carbons (Fsp3) is 0.952. The zero-order valence-corrected chi connectivity index (χ0v) is 20.7. The lowest BCUT2D eigenvalue weighted by molar-refractivity contribution is 0.181. The molecule has 0 saturated carbocycles. The highest BCUT2D eigenvalue weighted by molar-refractivity contribution is 14.0. The van der Waals surface area contributed by atoms with Crippen molar-refractivity contribution in [1.29, 1.82) is 0 Å². The van der Waals surface area contributed by atoms with Gasteiger partial charge in [-0.25, -0.2) is 0 Å². The third-order valence-electron chi connectivity index (χ3n) is 5.93. The Morgan fingerprint density at radius 1 is 1.15 bits per heavy atom. The lowest BCUT2D eigenvalue weighted by Gasteiger charge is -2.30. The Morgan fingerprint density at radius 2 is 1.93 bits per heavy atom. The molecule has 0 aromatic rings. The van der Waals surface area contributed by atoms with Gasteiger partial charge in [0.05, 0.1) is 0 Å². The highest BCUT2D eigenvalue weighted by atomic mass is 127. The summed E-state index contributed by atoms with van der Waals surface area (Å²) >= 11 is 0. The van der Waals surface area contributed by atoms with Crippen LogP contribution in [0.4, 0.5) is 0 Å². The minimum atomic E-state index is 0. The summed E-state index contributed by atoms with van der Waals surface area (Å²) in [6.45, 7) is 19.4. The number of aliphatic imine (C=N–C) groups is 1. The first kappa shape index (κ1) is 25.0. The van der Waals surface area contributed by atoms with Gasteiger partial charge in [0, 0.05) is 44.8 Å². The van der Waals surface area contributed by atoms with E-state index in [2.05, 4.69) is 55.1 Å². The summed E-state index contributed by atoms with van der Waals surface area (Å²) < 4.78 is 0. The van der Waals surface area contributed by atoms with Crippen LogP contribution in [-0.2, 0) is 0 Å². The van der Waals surface area contributed by atoms with Gasteiger partial charge >= 0.3 is 0 Å². The second-order valence-corrected chi connectivity index (χ2v) is 8.79. The topological polar surface area (TPSA) is 42.9 Å². The second-order valence-electron chi connectivity index (χ2n) is 8.79. The van der Waals surface area contributed by atoms with Crippen molar-refractivity contribution in [1.82, 2.24) is 20.4 Å². The molecular formula is C21H44IN5. The van der Waals surface area contributed by atoms with Crippen LogP contribution in [0.5, 0.6) is 0 Å². The first-order valence-corrected chi connectivity index (χ1v) is 11.0. The molecule has 0 radical (unpaired) electrons. The minimum absolute atomic E-state index is 0. The van der Waals surface area contributed by atoms with Crippen molar-refractivity contribution in [3.05, 3.63) is 0 Å². The number of hydrogen-bond donors (Lipinski definition) is 2. The molecule has 0 bridgehead atoms. The zero-order chi connectivity index (χ0) is 18.9. The number of unbranched alkanes of at least 4 members (excludes halogenated alkanes) is 1. The number of nitrogens with one attached hydrogen (secondary N) is 2. The molecule has 2 aliphatic heterocycles. The van der Waals surface area contributed by atoms with Crippen molar-refractivity contribution in [2.45, 2.75) is 72.4 Å². The van der Waals surface area contributed by atoms with Gasteiger partial charge in [-0.1, -0.05) is 13.8 Å². The summed E-state index contributed by atoms with van der Waals surface area (Å²) in [6.07, 6.45) is 5.23. The van der Waals surface area contributed by atoms with Crippen LogP contribution in [0.1, 0.15) is 60.3 Å². The van der Waals surface area contributed by atoms with Crippen molar-refractivity contribution in [2.24, 2.45) is 16.8 Å². The summed E-state index contributed by atoms with van der Waals surface area (Å²) in [7, 11) is 0. The maximum absolute atomic E-state index is 4.84. The molecule has 2 saturated heterocycles. The number of likely N-dealkylation sites (tertiary alicyclic amines) is 2. The summed E-state index contributed by atoms with van der Waals surface area (Å²) in [5, 5.41) is 7.11. The standard InChI is InChI=1S/C21H43N5.HI/c1-6-22-21(24-20-16-26(17(2)3)15-19(20)5)23-11-7-8-12-25-13-9-10-18(4)14-25;/h17-20H,6-16H2,1-5H3,(H2,22,23,24);1H. The normalized spacial score (nSPS) is 27.6. The van der Waals surface area contributed by atoms with Crippen LogP contribution in [0.25, 0.3) is 0 Å². The van der Waals surface area contributed by atoms with Crippen molar-refractivity contribution < 1.29 is 0 Å². The van der Waals surface area contributed by atoms with E-state index < -0.39 is 0 Å². The fourth-order valence-corrected chi connectivity index (χ4v) is 4.24. The number of guanidine groups is 1. The highest BCUT2D eigenvalue weighted by Crippen LogP contribution is 2.18. The van der Waals surface area contributed by atoms with Crippen LogP contribution >= 0.6 is 24.0 Å². The Bertz CT molecular complexity index is 429. The number of nitrogens with zero attached hydrogens (tertiary/aromatic N) is 3. The van der Waals surface area contributed by atoms with Gasteiger partial charge in [-0.3, -0.25) is 9.89 Å². The number of hydrogen-bond acceptors (Lipinski definition) is 3. The monoisotopic (exact) mass is 493 g/mol. The first-order valence-electron chi connectivity index (χ1n) is 11.0. The van der Waals surface area contributed by atoms with E-state index in [1.807, 2.05) is 0 Å². The van der Waals surface area contributed by atoms with E-state index in [1.54, 1.807) is 0 Å². The molecule has 160 valence electrons. The molecule has 2 N–H and O–H groups in total. The van der Waals surface area contributed by atoms with Gasteiger partial charge < -0.3 is 15.5 Å². The van der Waals surface area contributed by atoms with E-state index in [-0.39, 0.29) is 24.0 Å². The van der Waals surface area contributed by atoms with Crippen molar-refractivity contribution in [3.63, 3.8) is 0 Å². The Labute approximate surface area is 185 Å². The molecule has 2 rings (SSSR count). The number of halogens is 1. The maximum atomic E-state index is 4.84. The maximum Gasteiger partial charge on any atom is 0.191 e. The lowest BCUT2D eigenvalue weighted by atomic mass is 10.0. The molecule has 27 heavy (non-hydrogen) atoms. The van der Waals surface area contributed by atoms with Crippen molar-refractivity contribution in [2.75, 3.05) is 45.8 Å². The lowest BCUT2D eigenvalue weighted by Crippen LogP contribution is -2.46. The van der Waals surface area contributed by atoms with Gasteiger partial charge in [0.1, 0.15) is 0 Å². The molecule has 0 aliphatic carbocycles. The van der Waals surface area contributed by atoms with Crippen LogP contribution in [0.3, 0.4) is 0 Å². The van der Waals surface area contributed by atoms with Crippen LogP contribution in [0.2, 0.25) is 0 Å². The Kier molecular flexibility index (Phi) is 12.2. The fourth-order valence-electron chi connectivity index (χ4n) is 4.24. The van der Waals surface area contributed by atoms with Crippen LogP contribution < -0.4 is 10.6 Å². The van der Waals surface area contributed by atoms with Crippen molar-refractivity contribution in [3.8, 4) is 0 Å². The van der Waals surface area contributed by atoms with E-state index in [1.165, 1.54) is 51.9 Å². The van der Waals surface area contributed by atoms with E-state index >= 15 is 0 Å². The molecule has 2 heterocycles. The zero-order valence-electron chi connectivity index (χ0n) is 18.3. The average Bonchev–Trinajstić information content (AvgIpc) is 2.96. The van der Waals surface area contributed by atoms with Crippen LogP contribution in [0.15, 0.2) is 4.99 Å². The smallest absolute Gasteiger partial charge is 0.191 e. The molecule has 2 aliphatic rings. The SMILES string of the molecule is CCNC(=NCCCCN1CCCC(C)C1)NC1CN(C(C)C)CC1C.I. The first-order chi connectivity index (χ1) is 12.5. The number of rotatable bonds is 8. The third kappa shape index (κ3) is 8.86. The number of piperidine rings is 1. The molecule has 6 heteroatoms. The molecule has 2 fully saturated rings. The van der Waals surface area contributed by atoms with Gasteiger partial charge in [-0.05, 0) is 71.4 Å². The molecule has 0 aromatic carbocycles. The van der Waals surface area contributed by atoms with Gasteiger partial charge in [0.25, 0.3) is 0 Å². The van der Waals surface area contributed by atoms with E-state index in [9.17, 15) is 0 Å². The molecular weight excluding hydrogens is 449 g/mol. The van der Waals surface area contributed by atoms with E-state index in [0.717, 1.165) is 31.5 Å². The van der Waals surface area contributed by atoms with E-state index in [4.69, 9.17) is 4.99 Å². The highest BCUT2D eigenvalue weighted by Gasteiger charge is 2.31. The predicted molar refractivity (Wildman–Crippen MR) is 128 cm³/mol. The minimum Gasteiger partial charge on any atom is -0.357 e. The Hall–Kier alpha value is -0.0800. The molecule has 3 atom stereocenters. The summed E-state index contributed by atoms with van der Waals surface area (Å²) in [4.78, 5) is 10.0. The van der Waals surface area contributed by atoms with Crippen molar-refractivity contribution >= 4 is 29.9 Å². The van der Waals surface area contributed by atoms with Crippen LogP contribution in [0, 0.1) is 11.8 Å². The summed E-state index contributed by atoms with van der Waals surface area (Å²) in [5.41, 5.74) is 0. The van der Waals surface area contributed by atoms with Gasteiger partial charge in [0.15, 0.2) is 5.96 Å². The molecule has 3 unspecified atom stereocenters. The largest absolute Gasteiger partial charge is 0.357 e. The molecule has 5 nitrogen and oxygen atoms in total. The molecule has 0 amide bonds. The van der Waals surface area contributed by atoms with Gasteiger partial charge in [-0.2, -0.15) is 0 Å². The Morgan fingerprint density at radius 3 is 2.56 bits per heavy atom. The molecule has 0 spiro atoms. The van der Waals surface area contributed by atoms with E-state index in [0.29, 0.717) is 18.0 Å². The second kappa shape index (κ2) is 13.2.